The summed E-state index contributed by atoms with van der Waals surface area (Å²) in [4.78, 5) is 18.7. The molecular weight excluding hydrogens is 314 g/mol. The fourth-order valence-electron chi connectivity index (χ4n) is 3.37. The van der Waals surface area contributed by atoms with Crippen molar-refractivity contribution >= 4 is 5.91 Å². The third-order valence-electron chi connectivity index (χ3n) is 4.83. The van der Waals surface area contributed by atoms with Gasteiger partial charge in [0.05, 0.1) is 25.9 Å². The minimum Gasteiger partial charge on any atom is -0.497 e. The number of carbonyl (C=O) groups is 1. The summed E-state index contributed by atoms with van der Waals surface area (Å²) in [5.41, 5.74) is 2.19. The molecule has 0 spiro atoms. The summed E-state index contributed by atoms with van der Waals surface area (Å²) in [5.74, 6) is 1.39. The van der Waals surface area contributed by atoms with Crippen molar-refractivity contribution in [3.63, 3.8) is 0 Å². The van der Waals surface area contributed by atoms with Crippen LogP contribution in [-0.2, 0) is 11.3 Å². The van der Waals surface area contributed by atoms with E-state index in [1.54, 1.807) is 13.3 Å². The van der Waals surface area contributed by atoms with Gasteiger partial charge in [-0.25, -0.2) is 0 Å². The van der Waals surface area contributed by atoms with E-state index in [9.17, 15) is 4.79 Å². The van der Waals surface area contributed by atoms with Crippen LogP contribution in [0.2, 0.25) is 0 Å². The summed E-state index contributed by atoms with van der Waals surface area (Å²) in [5, 5.41) is 2.96. The standard InChI is InChI=1S/C20H25N3O2/c1-15-11-17(16-6-8-19(25-2)9-7-16)13-23(15)14-20(24)22-12-18-5-3-4-10-21-18/h3-10,15,17H,11-14H2,1-2H3,(H,22,24)/t15-,17+/m1/s1. The van der Waals surface area contributed by atoms with Gasteiger partial charge in [-0.15, -0.1) is 0 Å². The third-order valence-corrected chi connectivity index (χ3v) is 4.83. The smallest absolute Gasteiger partial charge is 0.234 e. The Morgan fingerprint density at radius 3 is 2.76 bits per heavy atom. The van der Waals surface area contributed by atoms with Gasteiger partial charge in [-0.05, 0) is 49.1 Å². The van der Waals surface area contributed by atoms with Crippen LogP contribution in [0.1, 0.15) is 30.5 Å². The topological polar surface area (TPSA) is 54.5 Å². The Balaban J connectivity index is 1.51. The second-order valence-electron chi connectivity index (χ2n) is 6.58. The van der Waals surface area contributed by atoms with E-state index in [4.69, 9.17) is 4.74 Å². The highest BCUT2D eigenvalue weighted by Crippen LogP contribution is 2.32. The van der Waals surface area contributed by atoms with Crippen molar-refractivity contribution in [1.29, 1.82) is 0 Å². The molecule has 2 aromatic rings. The molecule has 2 atom stereocenters. The lowest BCUT2D eigenvalue weighted by Crippen LogP contribution is -2.38. The average molecular weight is 339 g/mol. The van der Waals surface area contributed by atoms with Crippen molar-refractivity contribution < 1.29 is 9.53 Å². The van der Waals surface area contributed by atoms with Gasteiger partial charge in [0.1, 0.15) is 5.75 Å². The molecule has 1 amide bonds. The summed E-state index contributed by atoms with van der Waals surface area (Å²) >= 11 is 0. The molecule has 1 fully saturated rings. The molecule has 0 unspecified atom stereocenters. The summed E-state index contributed by atoms with van der Waals surface area (Å²) in [6.45, 7) is 4.00. The zero-order valence-corrected chi connectivity index (χ0v) is 14.8. The van der Waals surface area contributed by atoms with Gasteiger partial charge in [0.15, 0.2) is 0 Å². The Labute approximate surface area is 149 Å². The molecule has 25 heavy (non-hydrogen) atoms. The number of amides is 1. The van der Waals surface area contributed by atoms with Gasteiger partial charge < -0.3 is 10.1 Å². The summed E-state index contributed by atoms with van der Waals surface area (Å²) in [7, 11) is 1.68. The van der Waals surface area contributed by atoms with Gasteiger partial charge in [-0.3, -0.25) is 14.7 Å². The number of likely N-dealkylation sites (tertiary alicyclic amines) is 1. The summed E-state index contributed by atoms with van der Waals surface area (Å²) in [6, 6.07) is 14.4. The van der Waals surface area contributed by atoms with Crippen molar-refractivity contribution in [1.82, 2.24) is 15.2 Å². The first-order valence-electron chi connectivity index (χ1n) is 8.70. The maximum absolute atomic E-state index is 12.2. The first-order chi connectivity index (χ1) is 12.2. The zero-order valence-electron chi connectivity index (χ0n) is 14.8. The molecular formula is C20H25N3O2. The van der Waals surface area contributed by atoms with Gasteiger partial charge >= 0.3 is 0 Å². The van der Waals surface area contributed by atoms with E-state index in [1.165, 1.54) is 5.56 Å². The van der Waals surface area contributed by atoms with Crippen LogP contribution in [0.15, 0.2) is 48.7 Å². The number of nitrogens with zero attached hydrogens (tertiary/aromatic N) is 2. The van der Waals surface area contributed by atoms with Crippen LogP contribution in [0, 0.1) is 0 Å². The number of benzene rings is 1. The molecule has 0 bridgehead atoms. The maximum atomic E-state index is 12.2. The number of hydrogen-bond donors (Lipinski definition) is 1. The number of methoxy groups -OCH3 is 1. The van der Waals surface area contributed by atoms with Gasteiger partial charge in [-0.2, -0.15) is 0 Å². The Kier molecular flexibility index (Phi) is 5.66. The molecule has 1 aromatic heterocycles. The van der Waals surface area contributed by atoms with Crippen molar-refractivity contribution in [2.24, 2.45) is 0 Å². The van der Waals surface area contributed by atoms with Crippen LogP contribution >= 0.6 is 0 Å². The first-order valence-corrected chi connectivity index (χ1v) is 8.70. The van der Waals surface area contributed by atoms with E-state index < -0.39 is 0 Å². The minimum absolute atomic E-state index is 0.0490. The molecule has 1 saturated heterocycles. The molecule has 0 aliphatic carbocycles. The minimum atomic E-state index is 0.0490. The highest BCUT2D eigenvalue weighted by Gasteiger charge is 2.31. The number of rotatable bonds is 6. The first kappa shape index (κ1) is 17.4. The molecule has 1 aliphatic rings. The fraction of sp³-hybridized carbons (Fsp3) is 0.400. The lowest BCUT2D eigenvalue weighted by molar-refractivity contribution is -0.122. The normalized spacial score (nSPS) is 20.4. The molecule has 2 heterocycles. The SMILES string of the molecule is COc1ccc([C@H]2C[C@@H](C)N(CC(=O)NCc3ccccn3)C2)cc1. The predicted octanol–water partition coefficient (Wildman–Crippen LogP) is 2.58. The van der Waals surface area contributed by atoms with E-state index in [-0.39, 0.29) is 5.91 Å². The Hall–Kier alpha value is -2.40. The van der Waals surface area contributed by atoms with Crippen LogP contribution in [0.5, 0.6) is 5.75 Å². The van der Waals surface area contributed by atoms with Crippen molar-refractivity contribution in [2.75, 3.05) is 20.2 Å². The summed E-state index contributed by atoms with van der Waals surface area (Å²) < 4.78 is 5.22. The van der Waals surface area contributed by atoms with Gasteiger partial charge in [0.25, 0.3) is 0 Å². The lowest BCUT2D eigenvalue weighted by Gasteiger charge is -2.20. The highest BCUT2D eigenvalue weighted by atomic mass is 16.5. The number of hydrogen-bond acceptors (Lipinski definition) is 4. The van der Waals surface area contributed by atoms with Gasteiger partial charge in [0, 0.05) is 18.8 Å². The third kappa shape index (κ3) is 4.57. The second-order valence-corrected chi connectivity index (χ2v) is 6.58. The van der Waals surface area contributed by atoms with E-state index in [2.05, 4.69) is 34.3 Å². The number of carbonyl (C=O) groups excluding carboxylic acids is 1. The Morgan fingerprint density at radius 2 is 2.08 bits per heavy atom. The maximum Gasteiger partial charge on any atom is 0.234 e. The monoisotopic (exact) mass is 339 g/mol. The van der Waals surface area contributed by atoms with Crippen molar-refractivity contribution in [3.05, 3.63) is 59.9 Å². The molecule has 5 nitrogen and oxygen atoms in total. The van der Waals surface area contributed by atoms with E-state index in [0.717, 1.165) is 24.4 Å². The molecule has 0 saturated carbocycles. The largest absolute Gasteiger partial charge is 0.497 e. The van der Waals surface area contributed by atoms with Crippen LogP contribution < -0.4 is 10.1 Å². The number of aromatic nitrogens is 1. The molecule has 3 rings (SSSR count). The van der Waals surface area contributed by atoms with E-state index >= 15 is 0 Å². The van der Waals surface area contributed by atoms with E-state index in [0.29, 0.717) is 25.0 Å². The molecule has 1 aromatic carbocycles. The van der Waals surface area contributed by atoms with Crippen LogP contribution in [0.25, 0.3) is 0 Å². The van der Waals surface area contributed by atoms with Crippen LogP contribution in [-0.4, -0.2) is 42.0 Å². The quantitative estimate of drug-likeness (QED) is 0.879. The molecule has 0 radical (unpaired) electrons. The zero-order chi connectivity index (χ0) is 17.6. The fourth-order valence-corrected chi connectivity index (χ4v) is 3.37. The lowest BCUT2D eigenvalue weighted by atomic mass is 9.97. The molecule has 5 heteroatoms. The molecule has 1 N–H and O–H groups in total. The molecule has 132 valence electrons. The Morgan fingerprint density at radius 1 is 1.28 bits per heavy atom. The summed E-state index contributed by atoms with van der Waals surface area (Å²) in [6.07, 6.45) is 2.81. The second kappa shape index (κ2) is 8.12. The Bertz CT molecular complexity index is 688. The van der Waals surface area contributed by atoms with Crippen LogP contribution in [0.3, 0.4) is 0 Å². The van der Waals surface area contributed by atoms with Gasteiger partial charge in [-0.1, -0.05) is 18.2 Å². The molecule has 1 aliphatic heterocycles. The van der Waals surface area contributed by atoms with Crippen LogP contribution in [0.4, 0.5) is 0 Å². The number of nitrogens with one attached hydrogen (secondary N) is 1. The van der Waals surface area contributed by atoms with Crippen molar-refractivity contribution in [3.8, 4) is 5.75 Å². The number of ether oxygens (including phenoxy) is 1. The predicted molar refractivity (Wildman–Crippen MR) is 97.5 cm³/mol. The van der Waals surface area contributed by atoms with Gasteiger partial charge in [0.2, 0.25) is 5.91 Å². The number of pyridine rings is 1. The van der Waals surface area contributed by atoms with E-state index in [1.807, 2.05) is 30.3 Å². The van der Waals surface area contributed by atoms with Crippen molar-refractivity contribution in [2.45, 2.75) is 31.8 Å². The highest BCUT2D eigenvalue weighted by molar-refractivity contribution is 5.78. The average Bonchev–Trinajstić information content (AvgIpc) is 3.01.